The number of rotatable bonds is 6. The van der Waals surface area contributed by atoms with Crippen LogP contribution in [0.15, 0.2) is 209 Å². The molecule has 0 bridgehead atoms. The molecule has 0 N–H and O–H groups in total. The van der Waals surface area contributed by atoms with Crippen molar-refractivity contribution >= 4 is 54.8 Å². The van der Waals surface area contributed by atoms with E-state index in [1.165, 1.54) is 0 Å². The van der Waals surface area contributed by atoms with Gasteiger partial charge in [-0.05, 0) is 47.0 Å². The molecule has 12 aromatic rings. The summed E-state index contributed by atoms with van der Waals surface area (Å²) < 4.78 is 13.2. The van der Waals surface area contributed by atoms with Crippen molar-refractivity contribution in [3.63, 3.8) is 0 Å². The largest absolute Gasteiger partial charge is 0.455 e. The minimum absolute atomic E-state index is 0.664. The average Bonchev–Trinajstić information content (AvgIpc) is 3.91. The predicted octanol–water partition coefficient (Wildman–Crippen LogP) is 14.8. The van der Waals surface area contributed by atoms with E-state index in [0.717, 1.165) is 116 Å². The molecule has 8 aromatic carbocycles. The summed E-state index contributed by atoms with van der Waals surface area (Å²) in [4.78, 5) is 14.9. The molecule has 0 aliphatic heterocycles. The summed E-state index contributed by atoms with van der Waals surface area (Å²) in [6.45, 7) is 0. The van der Waals surface area contributed by atoms with E-state index in [0.29, 0.717) is 5.82 Å². The van der Waals surface area contributed by atoms with Gasteiger partial charge in [0.25, 0.3) is 0 Å². The second-order valence-corrected chi connectivity index (χ2v) is 15.1. The van der Waals surface area contributed by atoms with Crippen LogP contribution in [0.4, 0.5) is 0 Å². The number of pyridine rings is 1. The molecule has 4 heterocycles. The van der Waals surface area contributed by atoms with Crippen LogP contribution in [-0.2, 0) is 0 Å². The highest BCUT2D eigenvalue weighted by molar-refractivity contribution is 6.19. The second-order valence-electron chi connectivity index (χ2n) is 15.1. The maximum Gasteiger partial charge on any atom is 0.160 e. The third-order valence-electron chi connectivity index (χ3n) is 11.6. The molecule has 0 aliphatic carbocycles. The van der Waals surface area contributed by atoms with Gasteiger partial charge in [-0.25, -0.2) is 9.97 Å². The molecule has 5 nitrogen and oxygen atoms in total. The lowest BCUT2D eigenvalue weighted by molar-refractivity contribution is 0.669. The predicted molar refractivity (Wildman–Crippen MR) is 245 cm³/mol. The second kappa shape index (κ2) is 13.8. The molecule has 12 rings (SSSR count). The Balaban J connectivity index is 0.952. The lowest BCUT2D eigenvalue weighted by atomic mass is 9.93. The first-order valence-corrected chi connectivity index (χ1v) is 20.1. The highest BCUT2D eigenvalue weighted by Crippen LogP contribution is 2.45. The number of benzene rings is 8. The maximum absolute atomic E-state index is 6.72. The summed E-state index contributed by atoms with van der Waals surface area (Å²) in [6, 6.07) is 67.1. The van der Waals surface area contributed by atoms with Gasteiger partial charge in [0.1, 0.15) is 22.3 Å². The first kappa shape index (κ1) is 33.9. The van der Waals surface area contributed by atoms with Crippen LogP contribution in [-0.4, -0.2) is 15.0 Å². The van der Waals surface area contributed by atoms with E-state index in [9.17, 15) is 0 Å². The Morgan fingerprint density at radius 3 is 1.72 bits per heavy atom. The highest BCUT2D eigenvalue weighted by Gasteiger charge is 2.21. The van der Waals surface area contributed by atoms with Crippen molar-refractivity contribution in [3.05, 3.63) is 200 Å². The Morgan fingerprint density at radius 2 is 0.917 bits per heavy atom. The Kier molecular flexibility index (Phi) is 7.78. The fourth-order valence-corrected chi connectivity index (χ4v) is 8.68. The highest BCUT2D eigenvalue weighted by atomic mass is 16.3. The standard InChI is InChI=1S/C55H33N3O2/c1-2-11-36(12-3-1)47-33-48(58-55(57-47)39-28-24-34(25-29-39)40-17-8-13-38-14-10-32-56-52(38)40)37-26-22-35(23-27-37)41-30-31-43(51-46-16-5-7-21-50(46)60-54(41)51)45-19-9-18-44-42-15-4-6-20-49(42)59-53(44)45/h1-33H. The lowest BCUT2D eigenvalue weighted by Gasteiger charge is -2.12. The van der Waals surface area contributed by atoms with Gasteiger partial charge in [0.05, 0.1) is 16.9 Å². The van der Waals surface area contributed by atoms with Crippen LogP contribution >= 0.6 is 0 Å². The lowest BCUT2D eigenvalue weighted by Crippen LogP contribution is -1.96. The fourth-order valence-electron chi connectivity index (χ4n) is 8.68. The van der Waals surface area contributed by atoms with Gasteiger partial charge in [0.2, 0.25) is 0 Å². The van der Waals surface area contributed by atoms with E-state index in [2.05, 4.69) is 151 Å². The van der Waals surface area contributed by atoms with Gasteiger partial charge in [-0.3, -0.25) is 4.98 Å². The molecule has 0 fully saturated rings. The van der Waals surface area contributed by atoms with Gasteiger partial charge in [-0.2, -0.15) is 0 Å². The molecule has 0 saturated carbocycles. The van der Waals surface area contributed by atoms with E-state index in [-0.39, 0.29) is 0 Å². The zero-order valence-electron chi connectivity index (χ0n) is 32.2. The van der Waals surface area contributed by atoms with Crippen LogP contribution in [0.2, 0.25) is 0 Å². The molecule has 0 amide bonds. The van der Waals surface area contributed by atoms with Crippen molar-refractivity contribution in [3.8, 4) is 67.3 Å². The van der Waals surface area contributed by atoms with Gasteiger partial charge in [0.15, 0.2) is 5.82 Å². The van der Waals surface area contributed by atoms with Crippen molar-refractivity contribution in [1.82, 2.24) is 15.0 Å². The zero-order chi connectivity index (χ0) is 39.6. The molecule has 0 unspecified atom stereocenters. The Labute approximate surface area is 344 Å². The summed E-state index contributed by atoms with van der Waals surface area (Å²) in [5.41, 5.74) is 15.5. The van der Waals surface area contributed by atoms with Crippen molar-refractivity contribution < 1.29 is 8.83 Å². The van der Waals surface area contributed by atoms with Crippen molar-refractivity contribution in [1.29, 1.82) is 0 Å². The Bertz CT molecular complexity index is 3580. The molecule has 0 spiro atoms. The van der Waals surface area contributed by atoms with E-state index >= 15 is 0 Å². The smallest absolute Gasteiger partial charge is 0.160 e. The summed E-state index contributed by atoms with van der Waals surface area (Å²) >= 11 is 0. The average molecular weight is 768 g/mol. The van der Waals surface area contributed by atoms with Crippen LogP contribution in [0.3, 0.4) is 0 Å². The van der Waals surface area contributed by atoms with E-state index in [1.807, 2.05) is 54.7 Å². The number of hydrogen-bond acceptors (Lipinski definition) is 5. The fraction of sp³-hybridized carbons (Fsp3) is 0. The van der Waals surface area contributed by atoms with Crippen molar-refractivity contribution in [2.24, 2.45) is 0 Å². The minimum atomic E-state index is 0.664. The zero-order valence-corrected chi connectivity index (χ0v) is 32.2. The number of fused-ring (bicyclic) bond motifs is 7. The normalized spacial score (nSPS) is 11.7. The van der Waals surface area contributed by atoms with Gasteiger partial charge in [-0.1, -0.05) is 164 Å². The molecular weight excluding hydrogens is 735 g/mol. The van der Waals surface area contributed by atoms with E-state index in [1.54, 1.807) is 0 Å². The summed E-state index contributed by atoms with van der Waals surface area (Å²) in [5, 5.41) is 5.46. The molecule has 0 radical (unpaired) electrons. The third-order valence-corrected chi connectivity index (χ3v) is 11.6. The number of hydrogen-bond donors (Lipinski definition) is 0. The monoisotopic (exact) mass is 767 g/mol. The van der Waals surface area contributed by atoms with Gasteiger partial charge in [-0.15, -0.1) is 0 Å². The maximum atomic E-state index is 6.72. The summed E-state index contributed by atoms with van der Waals surface area (Å²) in [6.07, 6.45) is 1.85. The van der Waals surface area contributed by atoms with E-state index in [4.69, 9.17) is 18.8 Å². The molecular formula is C55H33N3O2. The van der Waals surface area contributed by atoms with Crippen LogP contribution in [0.1, 0.15) is 0 Å². The molecule has 0 aliphatic rings. The number of furan rings is 2. The minimum Gasteiger partial charge on any atom is -0.455 e. The Morgan fingerprint density at radius 1 is 0.350 bits per heavy atom. The number of aromatic nitrogens is 3. The van der Waals surface area contributed by atoms with E-state index < -0.39 is 0 Å². The Hall–Kier alpha value is -8.15. The van der Waals surface area contributed by atoms with Crippen LogP contribution in [0, 0.1) is 0 Å². The van der Waals surface area contributed by atoms with Crippen LogP contribution in [0.5, 0.6) is 0 Å². The van der Waals surface area contributed by atoms with Crippen molar-refractivity contribution in [2.45, 2.75) is 0 Å². The molecule has 0 saturated heterocycles. The molecule has 0 atom stereocenters. The van der Waals surface area contributed by atoms with Crippen molar-refractivity contribution in [2.75, 3.05) is 0 Å². The van der Waals surface area contributed by atoms with Crippen LogP contribution < -0.4 is 0 Å². The SMILES string of the molecule is c1ccc(-c2cc(-c3ccc(-c4ccc(-c5cccc6c5oc5ccccc56)c5c4oc4ccccc45)cc3)nc(-c3ccc(-c4cccc5cccnc45)cc3)n2)cc1. The van der Waals surface area contributed by atoms with Gasteiger partial charge >= 0.3 is 0 Å². The molecule has 4 aromatic heterocycles. The molecule has 5 heteroatoms. The van der Waals surface area contributed by atoms with Gasteiger partial charge in [0, 0.05) is 66.5 Å². The molecule has 280 valence electrons. The quantitative estimate of drug-likeness (QED) is 0.169. The first-order valence-electron chi connectivity index (χ1n) is 20.1. The van der Waals surface area contributed by atoms with Gasteiger partial charge < -0.3 is 8.83 Å². The summed E-state index contributed by atoms with van der Waals surface area (Å²) in [5.74, 6) is 0.664. The topological polar surface area (TPSA) is 65.0 Å². The molecule has 60 heavy (non-hydrogen) atoms. The third kappa shape index (κ3) is 5.59. The van der Waals surface area contributed by atoms with Crippen LogP contribution in [0.25, 0.3) is 122 Å². The first-order chi connectivity index (χ1) is 29.7. The number of nitrogens with zero attached hydrogens (tertiary/aromatic N) is 3. The number of para-hydroxylation sites is 4. The summed E-state index contributed by atoms with van der Waals surface area (Å²) in [7, 11) is 0.